The number of nitrogens with zero attached hydrogens (tertiary/aromatic N) is 2. The molecule has 22 heavy (non-hydrogen) atoms. The smallest absolute Gasteiger partial charge is 0.445 e. The van der Waals surface area contributed by atoms with Crippen LogP contribution in [0.15, 0.2) is 58.1 Å². The van der Waals surface area contributed by atoms with Crippen LogP contribution in [0, 0.1) is 5.82 Å². The van der Waals surface area contributed by atoms with Crippen LogP contribution in [0.3, 0.4) is 0 Å². The largest absolute Gasteiger partial charge is 0.463 e. The number of carboxylic acid groups (broad SMARTS) is 1. The van der Waals surface area contributed by atoms with Crippen LogP contribution in [-0.2, 0) is 0 Å². The van der Waals surface area contributed by atoms with Crippen molar-refractivity contribution in [1.82, 2.24) is 9.72 Å². The second-order valence-electron chi connectivity index (χ2n) is 4.42. The number of hydrogen-bond donors (Lipinski definition) is 1. The van der Waals surface area contributed by atoms with Gasteiger partial charge in [0.15, 0.2) is 0 Å². The zero-order valence-electron chi connectivity index (χ0n) is 11.1. The summed E-state index contributed by atoms with van der Waals surface area (Å²) in [6.45, 7) is 0. The molecule has 3 aromatic rings. The Kier molecular flexibility index (Phi) is 3.30. The molecule has 0 saturated heterocycles. The molecule has 1 N–H and O–H groups in total. The van der Waals surface area contributed by atoms with Gasteiger partial charge in [-0.1, -0.05) is 12.1 Å². The van der Waals surface area contributed by atoms with Crippen LogP contribution in [0.2, 0.25) is 0 Å². The fourth-order valence-electron chi connectivity index (χ4n) is 2.15. The second kappa shape index (κ2) is 5.28. The van der Waals surface area contributed by atoms with E-state index in [1.807, 2.05) is 0 Å². The maximum absolute atomic E-state index is 13.1. The van der Waals surface area contributed by atoms with Crippen molar-refractivity contribution in [1.29, 1.82) is 0 Å². The first-order valence-electron chi connectivity index (χ1n) is 6.24. The first-order valence-corrected chi connectivity index (χ1v) is 6.24. The zero-order valence-corrected chi connectivity index (χ0v) is 11.1. The summed E-state index contributed by atoms with van der Waals surface area (Å²) in [4.78, 5) is 27.2. The molecule has 0 saturated carbocycles. The molecule has 7 heteroatoms. The summed E-state index contributed by atoms with van der Waals surface area (Å²) in [5, 5.41) is 9.21. The molecule has 0 spiro atoms. The molecule has 2 aromatic heterocycles. The van der Waals surface area contributed by atoms with Gasteiger partial charge < -0.3 is 9.63 Å². The van der Waals surface area contributed by atoms with Crippen LogP contribution in [0.1, 0.15) is 0 Å². The SMILES string of the molecule is O=C(O)n1oc(=O)c(-c2ccc(F)cc2)c1-c1ccncc1. The third kappa shape index (κ3) is 2.28. The van der Waals surface area contributed by atoms with Crippen molar-refractivity contribution in [3.05, 3.63) is 65.0 Å². The zero-order chi connectivity index (χ0) is 15.7. The summed E-state index contributed by atoms with van der Waals surface area (Å²) >= 11 is 0. The van der Waals surface area contributed by atoms with Crippen molar-refractivity contribution < 1.29 is 18.8 Å². The lowest BCUT2D eigenvalue weighted by Gasteiger charge is -2.04. The summed E-state index contributed by atoms with van der Waals surface area (Å²) < 4.78 is 18.3. The van der Waals surface area contributed by atoms with E-state index in [-0.39, 0.29) is 11.3 Å². The lowest BCUT2D eigenvalue weighted by Crippen LogP contribution is -2.08. The molecule has 0 bridgehead atoms. The minimum Gasteiger partial charge on any atom is -0.463 e. The minimum absolute atomic E-state index is 0.0496. The lowest BCUT2D eigenvalue weighted by molar-refractivity contribution is 0.161. The molecular weight excluding hydrogens is 291 g/mol. The Morgan fingerprint density at radius 1 is 1.09 bits per heavy atom. The first-order chi connectivity index (χ1) is 10.6. The Morgan fingerprint density at radius 3 is 2.32 bits per heavy atom. The van der Waals surface area contributed by atoms with Gasteiger partial charge in [0.1, 0.15) is 11.5 Å². The van der Waals surface area contributed by atoms with Gasteiger partial charge in [0.2, 0.25) is 0 Å². The number of halogens is 1. The molecule has 3 rings (SSSR count). The topological polar surface area (TPSA) is 85.3 Å². The average molecular weight is 300 g/mol. The summed E-state index contributed by atoms with van der Waals surface area (Å²) in [5.41, 5.74) is 0.116. The van der Waals surface area contributed by atoms with Gasteiger partial charge in [-0.05, 0) is 29.8 Å². The normalized spacial score (nSPS) is 10.6. The van der Waals surface area contributed by atoms with Gasteiger partial charge in [0.05, 0.1) is 5.56 Å². The number of hydrogen-bond acceptors (Lipinski definition) is 4. The van der Waals surface area contributed by atoms with E-state index in [0.29, 0.717) is 15.9 Å². The van der Waals surface area contributed by atoms with Crippen LogP contribution < -0.4 is 5.63 Å². The van der Waals surface area contributed by atoms with Gasteiger partial charge in [-0.3, -0.25) is 4.98 Å². The van der Waals surface area contributed by atoms with Gasteiger partial charge in [0, 0.05) is 18.0 Å². The van der Waals surface area contributed by atoms with E-state index in [4.69, 9.17) is 4.52 Å². The lowest BCUT2D eigenvalue weighted by atomic mass is 10.0. The van der Waals surface area contributed by atoms with E-state index in [9.17, 15) is 19.1 Å². The Hall–Kier alpha value is -3.22. The third-order valence-corrected chi connectivity index (χ3v) is 3.08. The Balaban J connectivity index is 2.33. The summed E-state index contributed by atoms with van der Waals surface area (Å²) in [5.74, 6) is -0.462. The van der Waals surface area contributed by atoms with Crippen LogP contribution >= 0.6 is 0 Å². The van der Waals surface area contributed by atoms with E-state index in [2.05, 4.69) is 4.98 Å². The Bertz CT molecular complexity index is 882. The Labute approximate surface area is 123 Å². The van der Waals surface area contributed by atoms with E-state index in [0.717, 1.165) is 0 Å². The fraction of sp³-hybridized carbons (Fsp3) is 0. The Morgan fingerprint density at radius 2 is 1.73 bits per heavy atom. The van der Waals surface area contributed by atoms with Crippen molar-refractivity contribution in [2.24, 2.45) is 0 Å². The molecule has 0 aliphatic heterocycles. The van der Waals surface area contributed by atoms with Gasteiger partial charge >= 0.3 is 11.7 Å². The quantitative estimate of drug-likeness (QED) is 0.786. The van der Waals surface area contributed by atoms with Crippen molar-refractivity contribution in [3.63, 3.8) is 0 Å². The van der Waals surface area contributed by atoms with Crippen molar-refractivity contribution in [2.75, 3.05) is 0 Å². The molecule has 0 amide bonds. The van der Waals surface area contributed by atoms with Gasteiger partial charge in [-0.2, -0.15) is 0 Å². The molecule has 0 unspecified atom stereocenters. The van der Waals surface area contributed by atoms with E-state index >= 15 is 0 Å². The minimum atomic E-state index is -1.43. The van der Waals surface area contributed by atoms with E-state index in [1.54, 1.807) is 12.1 Å². The fourth-order valence-corrected chi connectivity index (χ4v) is 2.15. The predicted octanol–water partition coefficient (Wildman–Crippen LogP) is 2.84. The van der Waals surface area contributed by atoms with Crippen molar-refractivity contribution >= 4 is 6.09 Å². The standard InChI is InChI=1S/C15H9FN2O4/c16-11-3-1-9(2-4-11)12-13(10-5-7-17-8-6-10)18(15(20)21)22-14(12)19/h1-8H,(H,20,21). The molecule has 0 radical (unpaired) electrons. The van der Waals surface area contributed by atoms with Crippen LogP contribution in [0.4, 0.5) is 9.18 Å². The second-order valence-corrected chi connectivity index (χ2v) is 4.42. The highest BCUT2D eigenvalue weighted by Gasteiger charge is 2.24. The molecule has 0 aliphatic rings. The predicted molar refractivity (Wildman–Crippen MR) is 75.0 cm³/mol. The van der Waals surface area contributed by atoms with Gasteiger partial charge in [-0.15, -0.1) is 4.74 Å². The van der Waals surface area contributed by atoms with Gasteiger partial charge in [-0.25, -0.2) is 14.0 Å². The molecular formula is C15H9FN2O4. The molecule has 0 fully saturated rings. The van der Waals surface area contributed by atoms with E-state index < -0.39 is 17.5 Å². The number of carbonyl (C=O) groups is 1. The highest BCUT2D eigenvalue weighted by atomic mass is 19.1. The molecule has 1 aromatic carbocycles. The monoisotopic (exact) mass is 300 g/mol. The molecule has 110 valence electrons. The summed E-state index contributed by atoms with van der Waals surface area (Å²) in [6.07, 6.45) is 1.50. The van der Waals surface area contributed by atoms with Crippen molar-refractivity contribution in [2.45, 2.75) is 0 Å². The van der Waals surface area contributed by atoms with E-state index in [1.165, 1.54) is 36.7 Å². The highest BCUT2D eigenvalue weighted by molar-refractivity contribution is 5.85. The number of aromatic nitrogens is 2. The van der Waals surface area contributed by atoms with Crippen LogP contribution in [-0.4, -0.2) is 20.9 Å². The maximum atomic E-state index is 13.1. The maximum Gasteiger partial charge on any atom is 0.445 e. The first kappa shape index (κ1) is 13.7. The van der Waals surface area contributed by atoms with Crippen LogP contribution in [0.25, 0.3) is 22.4 Å². The molecule has 0 atom stereocenters. The average Bonchev–Trinajstić information content (AvgIpc) is 2.87. The van der Waals surface area contributed by atoms with Crippen molar-refractivity contribution in [3.8, 4) is 22.4 Å². The molecule has 0 aliphatic carbocycles. The summed E-state index contributed by atoms with van der Waals surface area (Å²) in [6, 6.07) is 8.25. The number of rotatable bonds is 2. The third-order valence-electron chi connectivity index (χ3n) is 3.08. The summed E-state index contributed by atoms with van der Waals surface area (Å²) in [7, 11) is 0. The molecule has 2 heterocycles. The number of pyridine rings is 1. The molecule has 6 nitrogen and oxygen atoms in total. The highest BCUT2D eigenvalue weighted by Crippen LogP contribution is 2.30. The van der Waals surface area contributed by atoms with Crippen LogP contribution in [0.5, 0.6) is 0 Å². The van der Waals surface area contributed by atoms with Gasteiger partial charge in [0.25, 0.3) is 0 Å². The number of benzene rings is 1.